The molecule has 3 aromatic carbocycles. The van der Waals surface area contributed by atoms with Crippen molar-refractivity contribution in [3.63, 3.8) is 0 Å². The summed E-state index contributed by atoms with van der Waals surface area (Å²) in [6.07, 6.45) is -10.5. The third-order valence-electron chi connectivity index (χ3n) is 13.5. The topological polar surface area (TPSA) is 221 Å². The van der Waals surface area contributed by atoms with Gasteiger partial charge in [-0.3, -0.25) is 19.2 Å². The van der Waals surface area contributed by atoms with Crippen molar-refractivity contribution in [2.24, 2.45) is 16.7 Å². The van der Waals surface area contributed by atoms with E-state index in [1.54, 1.807) is 92.7 Å². The highest BCUT2D eigenvalue weighted by Gasteiger charge is 2.78. The van der Waals surface area contributed by atoms with E-state index in [1.807, 2.05) is 0 Å². The molecule has 328 valence electrons. The lowest BCUT2D eigenvalue weighted by molar-refractivity contribution is -0.346. The molecule has 0 aromatic heterocycles. The molecule has 3 fully saturated rings. The minimum Gasteiger partial charge on any atom is -0.456 e. The number of Topliss-reactive ketones (excluding diaryl/α,β-unsaturated/α-hetero) is 1. The van der Waals surface area contributed by atoms with Crippen LogP contribution in [0.1, 0.15) is 86.7 Å². The Bertz CT molecular complexity index is 2280. The number of carbonyl (C=O) groups excluding carboxylic acids is 6. The van der Waals surface area contributed by atoms with Crippen LogP contribution in [0.5, 0.6) is 0 Å². The Hall–Kier alpha value is -5.74. The first kappa shape index (κ1) is 44.3. The predicted molar refractivity (Wildman–Crippen MR) is 218 cm³/mol. The van der Waals surface area contributed by atoms with E-state index in [4.69, 9.17) is 23.7 Å². The van der Waals surface area contributed by atoms with Gasteiger partial charge in [0.05, 0.1) is 35.6 Å². The Morgan fingerprint density at radius 3 is 1.95 bits per heavy atom. The van der Waals surface area contributed by atoms with E-state index in [9.17, 15) is 39.3 Å². The van der Waals surface area contributed by atoms with Crippen molar-refractivity contribution < 1.29 is 67.8 Å². The molecule has 11 atom stereocenters. The Morgan fingerprint density at radius 1 is 0.823 bits per heavy atom. The molecule has 4 aliphatic rings. The fraction of sp³-hybridized carbons (Fsp3) is 0.447. The molecule has 1 aliphatic heterocycles. The van der Waals surface area contributed by atoms with Crippen LogP contribution in [-0.4, -0.2) is 105 Å². The summed E-state index contributed by atoms with van der Waals surface area (Å²) in [7, 11) is 0. The van der Waals surface area contributed by atoms with Gasteiger partial charge in [0.1, 0.15) is 23.9 Å². The molecule has 15 heteroatoms. The number of ether oxygens (including phenoxy) is 5. The molecule has 7 rings (SSSR count). The fourth-order valence-corrected chi connectivity index (χ4v) is 10.2. The minimum absolute atomic E-state index is 0.00289. The lowest BCUT2D eigenvalue weighted by Crippen LogP contribution is -2.82. The van der Waals surface area contributed by atoms with Gasteiger partial charge in [0.15, 0.2) is 23.6 Å². The maximum Gasteiger partial charge on any atom is 0.338 e. The minimum atomic E-state index is -2.39. The molecule has 2 bridgehead atoms. The number of ketones is 1. The molecular weight excluding hydrogens is 803 g/mol. The van der Waals surface area contributed by atoms with Crippen molar-refractivity contribution in [1.82, 2.24) is 5.32 Å². The molecular formula is C47H51NO14. The van der Waals surface area contributed by atoms with Gasteiger partial charge in [-0.2, -0.15) is 0 Å². The predicted octanol–water partition coefficient (Wildman–Crippen LogP) is 3.74. The maximum atomic E-state index is 15.5. The highest BCUT2D eigenvalue weighted by molar-refractivity contribution is 5.96. The number of carbonyl (C=O) groups is 6. The third kappa shape index (κ3) is 7.29. The first-order valence-corrected chi connectivity index (χ1v) is 20.5. The first-order chi connectivity index (χ1) is 29.3. The number of rotatable bonds is 10. The summed E-state index contributed by atoms with van der Waals surface area (Å²) in [5.74, 6) is -6.84. The molecule has 0 spiro atoms. The molecule has 2 saturated carbocycles. The van der Waals surface area contributed by atoms with E-state index in [2.05, 4.69) is 5.32 Å². The number of benzene rings is 3. The maximum absolute atomic E-state index is 15.5. The number of amides is 1. The normalized spacial score (nSPS) is 31.9. The van der Waals surface area contributed by atoms with Gasteiger partial charge in [-0.05, 0) is 54.8 Å². The van der Waals surface area contributed by atoms with Crippen LogP contribution in [-0.2, 0) is 42.9 Å². The highest BCUT2D eigenvalue weighted by atomic mass is 16.6. The van der Waals surface area contributed by atoms with Crippen LogP contribution >= 0.6 is 0 Å². The van der Waals surface area contributed by atoms with Crippen molar-refractivity contribution in [3.05, 3.63) is 119 Å². The smallest absolute Gasteiger partial charge is 0.338 e. The van der Waals surface area contributed by atoms with Gasteiger partial charge in [-0.25, -0.2) is 9.59 Å². The quantitative estimate of drug-likeness (QED) is 0.130. The van der Waals surface area contributed by atoms with Crippen LogP contribution in [0.2, 0.25) is 0 Å². The van der Waals surface area contributed by atoms with Gasteiger partial charge < -0.3 is 44.3 Å². The molecule has 0 radical (unpaired) electrons. The number of hydrogen-bond acceptors (Lipinski definition) is 14. The Morgan fingerprint density at radius 2 is 1.40 bits per heavy atom. The van der Waals surface area contributed by atoms with Crippen LogP contribution in [0.25, 0.3) is 0 Å². The zero-order valence-electron chi connectivity index (χ0n) is 35.2. The molecule has 3 aromatic rings. The molecule has 1 saturated heterocycles. The van der Waals surface area contributed by atoms with Crippen LogP contribution < -0.4 is 5.32 Å². The molecule has 15 nitrogen and oxygen atoms in total. The molecule has 1 amide bonds. The second-order valence-electron chi connectivity index (χ2n) is 17.4. The Labute approximate surface area is 358 Å². The number of aliphatic hydroxyl groups is 3. The number of aliphatic hydroxyl groups excluding tert-OH is 2. The van der Waals surface area contributed by atoms with Crippen molar-refractivity contribution in [1.29, 1.82) is 0 Å². The molecule has 4 N–H and O–H groups in total. The SMILES string of the molecule is CC(=O)O[C@H]1C(=O)[C@@]2(C)[C@H]([C@H](OC(=O)c3ccccc3)[C@]3(O)C[C@H](OC(=O)[C@H](O)[C@@H](NC(=O)c4ccccc4)c4ccccc4)C(C)=C1C3(C)C)[C@@]1(OC(C)=O)CO[C@@H]1C[C@@H]2O. The summed E-state index contributed by atoms with van der Waals surface area (Å²) in [4.78, 5) is 83.5. The van der Waals surface area contributed by atoms with Gasteiger partial charge in [0, 0.05) is 37.7 Å². The van der Waals surface area contributed by atoms with E-state index in [1.165, 1.54) is 26.0 Å². The van der Waals surface area contributed by atoms with E-state index < -0.39 is 113 Å². The third-order valence-corrected chi connectivity index (χ3v) is 13.5. The number of hydrogen-bond donors (Lipinski definition) is 4. The first-order valence-electron chi connectivity index (χ1n) is 20.5. The number of fused-ring (bicyclic) bond motifs is 5. The van der Waals surface area contributed by atoms with Crippen molar-refractivity contribution >= 4 is 35.6 Å². The zero-order valence-corrected chi connectivity index (χ0v) is 35.2. The average molecular weight is 854 g/mol. The van der Waals surface area contributed by atoms with E-state index in [0.29, 0.717) is 5.56 Å². The average Bonchev–Trinajstić information content (AvgIpc) is 3.24. The fourth-order valence-electron chi connectivity index (χ4n) is 10.2. The van der Waals surface area contributed by atoms with Crippen LogP contribution in [0, 0.1) is 16.7 Å². The standard InChI is InChI=1S/C47H51NO14/c1-25-31(60-43(56)36(52)35(28-16-10-7-11-17-28)48-41(54)29-18-12-8-13-19-29)23-47(57)40(61-42(55)30-20-14-9-15-21-30)38-45(6,32(51)22-33-46(38,24-58-33)62-27(3)50)39(53)37(59-26(2)49)34(25)44(47,4)5/h7-21,31-33,35-38,40,51-52,57H,22-24H2,1-6H3,(H,48,54)/t31-,32-,33+,35-,36+,37+,38-,40-,45+,46+,47+/m0/s1. The van der Waals surface area contributed by atoms with Crippen molar-refractivity contribution in [3.8, 4) is 0 Å². The van der Waals surface area contributed by atoms with Gasteiger partial charge >= 0.3 is 23.9 Å². The lowest BCUT2D eigenvalue weighted by atomic mass is 9.44. The van der Waals surface area contributed by atoms with Crippen molar-refractivity contribution in [2.75, 3.05) is 6.61 Å². The summed E-state index contributed by atoms with van der Waals surface area (Å²) < 4.78 is 30.3. The second-order valence-corrected chi connectivity index (χ2v) is 17.4. The second kappa shape index (κ2) is 16.5. The highest BCUT2D eigenvalue weighted by Crippen LogP contribution is 2.64. The lowest BCUT2D eigenvalue weighted by Gasteiger charge is -2.67. The summed E-state index contributed by atoms with van der Waals surface area (Å²) in [6, 6.07) is 22.9. The van der Waals surface area contributed by atoms with Gasteiger partial charge in [0.25, 0.3) is 5.91 Å². The molecule has 62 heavy (non-hydrogen) atoms. The van der Waals surface area contributed by atoms with Crippen molar-refractivity contribution in [2.45, 2.75) is 108 Å². The molecule has 1 heterocycles. The number of nitrogens with one attached hydrogen (secondary N) is 1. The summed E-state index contributed by atoms with van der Waals surface area (Å²) >= 11 is 0. The summed E-state index contributed by atoms with van der Waals surface area (Å²) in [5, 5.41) is 40.2. The van der Waals surface area contributed by atoms with E-state index >= 15 is 4.79 Å². The summed E-state index contributed by atoms with van der Waals surface area (Å²) in [6.45, 7) is 7.97. The van der Waals surface area contributed by atoms with E-state index in [-0.39, 0.29) is 35.3 Å². The van der Waals surface area contributed by atoms with Gasteiger partial charge in [0.2, 0.25) is 0 Å². The van der Waals surface area contributed by atoms with Crippen LogP contribution in [0.15, 0.2) is 102 Å². The largest absolute Gasteiger partial charge is 0.456 e. The van der Waals surface area contributed by atoms with Gasteiger partial charge in [-0.1, -0.05) is 80.6 Å². The monoisotopic (exact) mass is 853 g/mol. The van der Waals surface area contributed by atoms with Crippen LogP contribution in [0.4, 0.5) is 0 Å². The Kier molecular flexibility index (Phi) is 11.8. The zero-order chi connectivity index (χ0) is 44.9. The van der Waals surface area contributed by atoms with Gasteiger partial charge in [-0.15, -0.1) is 0 Å². The molecule has 3 aliphatic carbocycles. The van der Waals surface area contributed by atoms with Crippen LogP contribution in [0.3, 0.4) is 0 Å². The van der Waals surface area contributed by atoms with E-state index in [0.717, 1.165) is 13.8 Å². The molecule has 0 unspecified atom stereocenters. The number of esters is 4. The Balaban J connectivity index is 1.39. The summed E-state index contributed by atoms with van der Waals surface area (Å²) in [5.41, 5.74) is -7.02.